The highest BCUT2D eigenvalue weighted by molar-refractivity contribution is 7.13. The molecule has 36 heavy (non-hydrogen) atoms. The lowest BCUT2D eigenvalue weighted by atomic mass is 9.89. The van der Waals surface area contributed by atoms with Crippen molar-refractivity contribution in [2.24, 2.45) is 11.8 Å². The summed E-state index contributed by atoms with van der Waals surface area (Å²) in [6, 6.07) is 9.63. The summed E-state index contributed by atoms with van der Waals surface area (Å²) in [4.78, 5) is 16.6. The van der Waals surface area contributed by atoms with Crippen LogP contribution in [0.4, 0.5) is 0 Å². The quantitative estimate of drug-likeness (QED) is 0.382. The number of carboxylic acids is 1. The van der Waals surface area contributed by atoms with Gasteiger partial charge in [0, 0.05) is 36.3 Å². The first kappa shape index (κ1) is 26.4. The molecule has 1 aliphatic carbocycles. The van der Waals surface area contributed by atoms with Crippen molar-refractivity contribution in [2.75, 3.05) is 20.2 Å². The van der Waals surface area contributed by atoms with E-state index in [2.05, 4.69) is 4.57 Å². The van der Waals surface area contributed by atoms with E-state index < -0.39 is 5.97 Å². The van der Waals surface area contributed by atoms with Crippen molar-refractivity contribution in [3.8, 4) is 27.7 Å². The number of hydrogen-bond acceptors (Lipinski definition) is 6. The highest BCUT2D eigenvalue weighted by Crippen LogP contribution is 2.34. The lowest BCUT2D eigenvalue weighted by molar-refractivity contribution is 0.0696. The van der Waals surface area contributed by atoms with Crippen LogP contribution in [0.3, 0.4) is 0 Å². The number of methoxy groups -OCH3 is 1. The number of hydrazine groups is 1. The second-order valence-corrected chi connectivity index (χ2v) is 10.7. The van der Waals surface area contributed by atoms with E-state index in [0.29, 0.717) is 11.5 Å². The van der Waals surface area contributed by atoms with E-state index in [0.717, 1.165) is 53.0 Å². The maximum Gasteiger partial charge on any atom is 0.337 e. The minimum Gasteiger partial charge on any atom is -0.497 e. The Labute approximate surface area is 217 Å². The van der Waals surface area contributed by atoms with Crippen LogP contribution in [0.5, 0.6) is 5.75 Å². The number of ether oxygens (including phenoxy) is 1. The lowest BCUT2D eigenvalue weighted by Crippen LogP contribution is -2.35. The van der Waals surface area contributed by atoms with E-state index in [4.69, 9.17) is 15.6 Å². The fourth-order valence-electron chi connectivity index (χ4n) is 5.11. The summed E-state index contributed by atoms with van der Waals surface area (Å²) in [5.74, 6) is 6.01. The Morgan fingerprint density at radius 1 is 1.11 bits per heavy atom. The molecule has 2 aromatic heterocycles. The van der Waals surface area contributed by atoms with Gasteiger partial charge in [-0.3, -0.25) is 5.84 Å². The van der Waals surface area contributed by atoms with Gasteiger partial charge >= 0.3 is 5.97 Å². The molecule has 3 heterocycles. The van der Waals surface area contributed by atoms with Crippen molar-refractivity contribution in [2.45, 2.75) is 64.8 Å². The van der Waals surface area contributed by atoms with E-state index in [1.165, 1.54) is 51.4 Å². The molecule has 0 unspecified atom stereocenters. The molecule has 194 valence electrons. The highest BCUT2D eigenvalue weighted by atomic mass is 32.1. The van der Waals surface area contributed by atoms with Gasteiger partial charge in [-0.15, -0.1) is 11.3 Å². The number of hydrogen-bond donors (Lipinski definition) is 2. The number of aromatic nitrogens is 2. The molecule has 1 aliphatic heterocycles. The molecule has 5 rings (SSSR count). The Morgan fingerprint density at radius 2 is 1.78 bits per heavy atom. The summed E-state index contributed by atoms with van der Waals surface area (Å²) in [6.07, 6.45) is 10.2. The SMILES string of the molecule is COc1ccc(-c2nc(-c3cc(C(=O)O)c(C)n3CC3CCCCC3)cs2)cc1.NN1CCCCC1. The maximum absolute atomic E-state index is 11.8. The maximum atomic E-state index is 11.8. The van der Waals surface area contributed by atoms with Crippen molar-refractivity contribution < 1.29 is 14.6 Å². The predicted octanol–water partition coefficient (Wildman–Crippen LogP) is 6.22. The van der Waals surface area contributed by atoms with Crippen LogP contribution in [0.15, 0.2) is 35.7 Å². The van der Waals surface area contributed by atoms with Gasteiger partial charge in [0.1, 0.15) is 10.8 Å². The van der Waals surface area contributed by atoms with Crippen molar-refractivity contribution in [1.29, 1.82) is 0 Å². The molecule has 1 saturated carbocycles. The first-order valence-electron chi connectivity index (χ1n) is 13.0. The number of nitrogens with zero attached hydrogens (tertiary/aromatic N) is 3. The van der Waals surface area contributed by atoms with Gasteiger partial charge in [-0.1, -0.05) is 25.7 Å². The minimum atomic E-state index is -0.878. The fourth-order valence-corrected chi connectivity index (χ4v) is 5.93. The van der Waals surface area contributed by atoms with Crippen molar-refractivity contribution in [3.05, 3.63) is 47.0 Å². The van der Waals surface area contributed by atoms with Crippen molar-refractivity contribution in [1.82, 2.24) is 14.6 Å². The summed E-state index contributed by atoms with van der Waals surface area (Å²) >= 11 is 1.58. The van der Waals surface area contributed by atoms with E-state index in [-0.39, 0.29) is 0 Å². The second-order valence-electron chi connectivity index (χ2n) is 9.81. The monoisotopic (exact) mass is 510 g/mol. The molecule has 8 heteroatoms. The number of benzene rings is 1. The van der Waals surface area contributed by atoms with E-state index >= 15 is 0 Å². The third kappa shape index (κ3) is 6.55. The summed E-state index contributed by atoms with van der Waals surface area (Å²) < 4.78 is 7.40. The molecule has 7 nitrogen and oxygen atoms in total. The zero-order valence-electron chi connectivity index (χ0n) is 21.4. The highest BCUT2D eigenvalue weighted by Gasteiger charge is 2.23. The molecule has 0 atom stereocenters. The number of carboxylic acid groups (broad SMARTS) is 1. The zero-order chi connectivity index (χ0) is 25.5. The number of nitrogens with two attached hydrogens (primary N) is 1. The van der Waals surface area contributed by atoms with Crippen LogP contribution in [-0.2, 0) is 6.54 Å². The van der Waals surface area contributed by atoms with Gasteiger partial charge in [0.15, 0.2) is 0 Å². The topological polar surface area (TPSA) is 93.6 Å². The predicted molar refractivity (Wildman–Crippen MR) is 145 cm³/mol. The molecule has 3 aromatic rings. The molecular weight excluding hydrogens is 472 g/mol. The average molecular weight is 511 g/mol. The number of carbonyl (C=O) groups is 1. The molecule has 1 saturated heterocycles. The van der Waals surface area contributed by atoms with E-state index in [1.807, 2.05) is 41.6 Å². The number of aromatic carboxylic acids is 1. The van der Waals surface area contributed by atoms with Gasteiger partial charge < -0.3 is 14.4 Å². The standard InChI is InChI=1S/C23H26N2O3S.C5H12N2/c1-15-19(23(26)27)12-21(25(15)13-16-6-4-3-5-7-16)20-14-29-22(24-20)17-8-10-18(28-2)11-9-17;6-7-4-2-1-3-5-7/h8-12,14,16H,3-7,13H2,1-2H3,(H,26,27);1-6H2. The van der Waals surface area contributed by atoms with Crippen molar-refractivity contribution in [3.63, 3.8) is 0 Å². The average Bonchev–Trinajstić information content (AvgIpc) is 3.51. The summed E-state index contributed by atoms with van der Waals surface area (Å²) in [6.45, 7) is 4.97. The Morgan fingerprint density at radius 3 is 2.36 bits per heavy atom. The van der Waals surface area contributed by atoms with Crippen LogP contribution in [0.25, 0.3) is 22.0 Å². The largest absolute Gasteiger partial charge is 0.497 e. The van der Waals surface area contributed by atoms with Crippen LogP contribution < -0.4 is 10.6 Å². The Bertz CT molecular complexity index is 1130. The number of piperidine rings is 1. The summed E-state index contributed by atoms with van der Waals surface area (Å²) in [7, 11) is 1.65. The van der Waals surface area contributed by atoms with Gasteiger partial charge in [0.05, 0.1) is 24.1 Å². The first-order valence-corrected chi connectivity index (χ1v) is 13.9. The fraction of sp³-hybridized carbons (Fsp3) is 0.500. The van der Waals surface area contributed by atoms with Crippen LogP contribution in [-0.4, -0.2) is 45.8 Å². The molecule has 2 fully saturated rings. The van der Waals surface area contributed by atoms with Gasteiger partial charge in [0.25, 0.3) is 0 Å². The molecule has 0 amide bonds. The molecule has 3 N–H and O–H groups in total. The summed E-state index contributed by atoms with van der Waals surface area (Å²) in [5.41, 5.74) is 3.96. The van der Waals surface area contributed by atoms with Crippen LogP contribution in [0.1, 0.15) is 67.4 Å². The van der Waals surface area contributed by atoms with Gasteiger partial charge in [-0.2, -0.15) is 0 Å². The normalized spacial score (nSPS) is 16.9. The number of thiazole rings is 1. The smallest absolute Gasteiger partial charge is 0.337 e. The van der Waals surface area contributed by atoms with Crippen LogP contribution >= 0.6 is 11.3 Å². The third-order valence-corrected chi connectivity index (χ3v) is 8.15. The molecule has 1 aromatic carbocycles. The lowest BCUT2D eigenvalue weighted by Gasteiger charge is -2.24. The van der Waals surface area contributed by atoms with Gasteiger partial charge in [0.2, 0.25) is 0 Å². The van der Waals surface area contributed by atoms with E-state index in [1.54, 1.807) is 24.5 Å². The molecule has 0 spiro atoms. The third-order valence-electron chi connectivity index (χ3n) is 7.26. The van der Waals surface area contributed by atoms with Crippen LogP contribution in [0.2, 0.25) is 0 Å². The molecular formula is C28H38N4O3S. The Hall–Kier alpha value is -2.68. The number of rotatable bonds is 6. The zero-order valence-corrected chi connectivity index (χ0v) is 22.2. The first-order chi connectivity index (χ1) is 17.5. The Balaban J connectivity index is 0.000000375. The van der Waals surface area contributed by atoms with E-state index in [9.17, 15) is 9.90 Å². The Kier molecular flexibility index (Phi) is 9.18. The minimum absolute atomic E-state index is 0.370. The molecule has 2 aliphatic rings. The molecule has 0 radical (unpaired) electrons. The summed E-state index contributed by atoms with van der Waals surface area (Å²) in [5, 5.41) is 14.5. The van der Waals surface area contributed by atoms with Gasteiger partial charge in [-0.25, -0.2) is 14.8 Å². The molecule has 0 bridgehead atoms. The van der Waals surface area contributed by atoms with Gasteiger partial charge in [-0.05, 0) is 68.9 Å². The van der Waals surface area contributed by atoms with Crippen LogP contribution in [0, 0.1) is 12.8 Å². The van der Waals surface area contributed by atoms with Crippen molar-refractivity contribution >= 4 is 17.3 Å². The second kappa shape index (κ2) is 12.5.